The Balaban J connectivity index is 2.11. The molecule has 3 aromatic rings. The third-order valence-corrected chi connectivity index (χ3v) is 3.08. The van der Waals surface area contributed by atoms with Gasteiger partial charge in [-0.15, -0.1) is 0 Å². The van der Waals surface area contributed by atoms with Crippen LogP contribution in [0.25, 0.3) is 16.7 Å². The van der Waals surface area contributed by atoms with Crippen LogP contribution in [0.3, 0.4) is 0 Å². The molecule has 0 aliphatic rings. The smallest absolute Gasteiger partial charge is 0.159 e. The minimum Gasteiger partial charge on any atom is -0.377 e. The molecular formula is C15H17N5O. The van der Waals surface area contributed by atoms with Gasteiger partial charge >= 0.3 is 0 Å². The summed E-state index contributed by atoms with van der Waals surface area (Å²) in [6.07, 6.45) is 1.83. The fraction of sp³-hybridized carbons (Fsp3) is 0.267. The van der Waals surface area contributed by atoms with Crippen molar-refractivity contribution in [3.8, 4) is 5.82 Å². The number of hydrogen-bond donors (Lipinski definition) is 1. The van der Waals surface area contributed by atoms with Crippen molar-refractivity contribution in [2.45, 2.75) is 13.5 Å². The largest absolute Gasteiger partial charge is 0.377 e. The third kappa shape index (κ3) is 2.71. The Kier molecular flexibility index (Phi) is 3.79. The Morgan fingerprint density at radius 3 is 2.90 bits per heavy atom. The minimum absolute atomic E-state index is 0.367. The van der Waals surface area contributed by atoms with Crippen LogP contribution in [0, 0.1) is 0 Å². The van der Waals surface area contributed by atoms with Crippen molar-refractivity contribution < 1.29 is 4.74 Å². The molecule has 0 bridgehead atoms. The van der Waals surface area contributed by atoms with E-state index in [4.69, 9.17) is 4.74 Å². The molecule has 1 aromatic carbocycles. The van der Waals surface area contributed by atoms with E-state index in [1.807, 2.05) is 48.1 Å². The first-order valence-electron chi connectivity index (χ1n) is 6.85. The lowest BCUT2D eigenvalue weighted by Gasteiger charge is -2.09. The fourth-order valence-electron chi connectivity index (χ4n) is 2.21. The second kappa shape index (κ2) is 5.88. The predicted molar refractivity (Wildman–Crippen MR) is 81.5 cm³/mol. The number of anilines is 1. The van der Waals surface area contributed by atoms with Crippen molar-refractivity contribution in [2.75, 3.05) is 19.0 Å². The molecule has 0 spiro atoms. The molecule has 21 heavy (non-hydrogen) atoms. The van der Waals surface area contributed by atoms with Gasteiger partial charge in [-0.2, -0.15) is 5.10 Å². The van der Waals surface area contributed by atoms with Gasteiger partial charge in [0.1, 0.15) is 12.4 Å². The minimum atomic E-state index is 0.367. The van der Waals surface area contributed by atoms with E-state index < -0.39 is 0 Å². The number of fused-ring (bicyclic) bond motifs is 1. The summed E-state index contributed by atoms with van der Waals surface area (Å²) in [4.78, 5) is 8.94. The number of rotatable bonds is 5. The summed E-state index contributed by atoms with van der Waals surface area (Å²) in [5, 5.41) is 8.71. The van der Waals surface area contributed by atoms with Gasteiger partial charge in [-0.3, -0.25) is 0 Å². The number of benzene rings is 1. The number of nitrogens with zero attached hydrogens (tertiary/aromatic N) is 4. The fourth-order valence-corrected chi connectivity index (χ4v) is 2.21. The van der Waals surface area contributed by atoms with E-state index in [-0.39, 0.29) is 0 Å². The molecule has 2 heterocycles. The lowest BCUT2D eigenvalue weighted by Crippen LogP contribution is -2.09. The average Bonchev–Trinajstić information content (AvgIpc) is 2.92. The summed E-state index contributed by atoms with van der Waals surface area (Å²) >= 11 is 0. The quantitative estimate of drug-likeness (QED) is 0.779. The normalized spacial score (nSPS) is 11.0. The summed E-state index contributed by atoms with van der Waals surface area (Å²) < 4.78 is 6.95. The van der Waals surface area contributed by atoms with Gasteiger partial charge in [-0.05, 0) is 13.0 Å². The Morgan fingerprint density at radius 1 is 1.24 bits per heavy atom. The van der Waals surface area contributed by atoms with Gasteiger partial charge in [-0.25, -0.2) is 14.6 Å². The highest BCUT2D eigenvalue weighted by molar-refractivity contribution is 5.79. The molecule has 0 fully saturated rings. The summed E-state index contributed by atoms with van der Waals surface area (Å²) in [6, 6.07) is 9.93. The van der Waals surface area contributed by atoms with E-state index in [1.54, 1.807) is 7.11 Å². The standard InChI is InChI=1S/C15H17N5O/c1-3-16-13-8-15(19-14(18-13)10-21-2)20-12-7-5-4-6-11(12)9-17-20/h4-9H,3,10H2,1-2H3,(H,16,18,19). The Labute approximate surface area is 122 Å². The molecule has 2 aromatic heterocycles. The number of ether oxygens (including phenoxy) is 1. The van der Waals surface area contributed by atoms with Crippen LogP contribution >= 0.6 is 0 Å². The highest BCUT2D eigenvalue weighted by Gasteiger charge is 2.09. The van der Waals surface area contributed by atoms with Crippen LogP contribution in [0.15, 0.2) is 36.5 Å². The van der Waals surface area contributed by atoms with Crippen molar-refractivity contribution in [3.05, 3.63) is 42.4 Å². The zero-order valence-electron chi connectivity index (χ0n) is 12.1. The summed E-state index contributed by atoms with van der Waals surface area (Å²) in [6.45, 7) is 3.19. The number of aromatic nitrogens is 4. The number of hydrogen-bond acceptors (Lipinski definition) is 5. The summed E-state index contributed by atoms with van der Waals surface area (Å²) in [5.41, 5.74) is 1.02. The highest BCUT2D eigenvalue weighted by Crippen LogP contribution is 2.18. The van der Waals surface area contributed by atoms with E-state index in [9.17, 15) is 0 Å². The maximum absolute atomic E-state index is 5.14. The molecule has 6 heteroatoms. The van der Waals surface area contributed by atoms with Crippen LogP contribution in [0.4, 0.5) is 5.82 Å². The van der Waals surface area contributed by atoms with Gasteiger partial charge in [0, 0.05) is 25.1 Å². The van der Waals surface area contributed by atoms with Crippen molar-refractivity contribution in [3.63, 3.8) is 0 Å². The number of nitrogens with one attached hydrogen (secondary N) is 1. The Bertz CT molecular complexity index is 728. The lowest BCUT2D eigenvalue weighted by molar-refractivity contribution is 0.178. The van der Waals surface area contributed by atoms with E-state index >= 15 is 0 Å². The zero-order chi connectivity index (χ0) is 14.7. The second-order valence-electron chi connectivity index (χ2n) is 4.61. The summed E-state index contributed by atoms with van der Waals surface area (Å²) in [5.74, 6) is 2.13. The van der Waals surface area contributed by atoms with Crippen LogP contribution in [0.2, 0.25) is 0 Å². The first-order chi connectivity index (χ1) is 10.3. The van der Waals surface area contributed by atoms with Gasteiger partial charge in [0.2, 0.25) is 0 Å². The van der Waals surface area contributed by atoms with Gasteiger partial charge in [0.15, 0.2) is 11.6 Å². The monoisotopic (exact) mass is 283 g/mol. The summed E-state index contributed by atoms with van der Waals surface area (Å²) in [7, 11) is 1.63. The van der Waals surface area contributed by atoms with E-state index in [0.717, 1.165) is 29.1 Å². The molecule has 6 nitrogen and oxygen atoms in total. The number of para-hydroxylation sites is 1. The van der Waals surface area contributed by atoms with E-state index in [2.05, 4.69) is 20.4 Å². The van der Waals surface area contributed by atoms with Gasteiger partial charge in [0.05, 0.1) is 11.7 Å². The Hall–Kier alpha value is -2.47. The van der Waals surface area contributed by atoms with E-state index in [0.29, 0.717) is 12.4 Å². The molecule has 3 rings (SSSR count). The molecule has 0 saturated heterocycles. The van der Waals surface area contributed by atoms with Crippen molar-refractivity contribution in [1.82, 2.24) is 19.7 Å². The van der Waals surface area contributed by atoms with Crippen molar-refractivity contribution in [1.29, 1.82) is 0 Å². The molecular weight excluding hydrogens is 266 g/mol. The van der Waals surface area contributed by atoms with Crippen LogP contribution < -0.4 is 5.32 Å². The first-order valence-corrected chi connectivity index (χ1v) is 6.85. The first kappa shape index (κ1) is 13.5. The molecule has 0 unspecified atom stereocenters. The molecule has 0 atom stereocenters. The maximum Gasteiger partial charge on any atom is 0.159 e. The molecule has 0 aliphatic carbocycles. The molecule has 0 radical (unpaired) electrons. The van der Waals surface area contributed by atoms with Crippen molar-refractivity contribution in [2.24, 2.45) is 0 Å². The molecule has 0 aliphatic heterocycles. The Morgan fingerprint density at radius 2 is 2.10 bits per heavy atom. The lowest BCUT2D eigenvalue weighted by atomic mass is 10.2. The van der Waals surface area contributed by atoms with Gasteiger partial charge in [-0.1, -0.05) is 18.2 Å². The molecule has 0 saturated carbocycles. The van der Waals surface area contributed by atoms with Gasteiger partial charge < -0.3 is 10.1 Å². The number of methoxy groups -OCH3 is 1. The molecule has 1 N–H and O–H groups in total. The van der Waals surface area contributed by atoms with Crippen molar-refractivity contribution >= 4 is 16.7 Å². The van der Waals surface area contributed by atoms with Crippen LogP contribution in [0.5, 0.6) is 0 Å². The predicted octanol–water partition coefficient (Wildman–Crippen LogP) is 2.39. The topological polar surface area (TPSA) is 64.9 Å². The maximum atomic E-state index is 5.14. The van der Waals surface area contributed by atoms with Gasteiger partial charge in [0.25, 0.3) is 0 Å². The second-order valence-corrected chi connectivity index (χ2v) is 4.61. The van der Waals surface area contributed by atoms with E-state index in [1.165, 1.54) is 0 Å². The SMILES string of the molecule is CCNc1cc(-n2ncc3ccccc32)nc(COC)n1. The van der Waals surface area contributed by atoms with Crippen LogP contribution in [-0.4, -0.2) is 33.4 Å². The van der Waals surface area contributed by atoms with Crippen LogP contribution in [0.1, 0.15) is 12.7 Å². The van der Waals surface area contributed by atoms with Crippen LogP contribution in [-0.2, 0) is 11.3 Å². The third-order valence-electron chi connectivity index (χ3n) is 3.08. The molecule has 108 valence electrons. The zero-order valence-corrected chi connectivity index (χ0v) is 12.1. The molecule has 0 amide bonds. The highest BCUT2D eigenvalue weighted by atomic mass is 16.5. The average molecular weight is 283 g/mol.